The molecule has 0 saturated heterocycles. The monoisotopic (exact) mass is 323 g/mol. The summed E-state index contributed by atoms with van der Waals surface area (Å²) in [6.45, 7) is 5.38. The second-order valence-corrected chi connectivity index (χ2v) is 5.45. The van der Waals surface area contributed by atoms with Crippen molar-refractivity contribution in [3.63, 3.8) is 0 Å². The maximum Gasteiger partial charge on any atom is 0.139 e. The average Bonchev–Trinajstić information content (AvgIpc) is 2.50. The van der Waals surface area contributed by atoms with Gasteiger partial charge in [0, 0.05) is 11.1 Å². The van der Waals surface area contributed by atoms with Crippen molar-refractivity contribution in [3.8, 4) is 5.75 Å². The van der Waals surface area contributed by atoms with Gasteiger partial charge in [-0.25, -0.2) is 0 Å². The van der Waals surface area contributed by atoms with Crippen molar-refractivity contribution in [2.75, 3.05) is 13.2 Å². The van der Waals surface area contributed by atoms with Gasteiger partial charge in [0.15, 0.2) is 0 Å². The van der Waals surface area contributed by atoms with Crippen molar-refractivity contribution in [1.82, 2.24) is 5.32 Å². The quantitative estimate of drug-likeness (QED) is 0.799. The molecule has 2 rings (SSSR count). The van der Waals surface area contributed by atoms with Crippen LogP contribution in [0.1, 0.15) is 31.0 Å². The van der Waals surface area contributed by atoms with Gasteiger partial charge >= 0.3 is 0 Å². The standard InChI is InChI=1S/C17H19Cl2NO/c1-3-20-17(12-8-6-5-7-9-12)13-10-15(19)16(21-4-2)11-14(13)18/h5-11,17,20H,3-4H2,1-2H3. The van der Waals surface area contributed by atoms with Gasteiger partial charge in [0.2, 0.25) is 0 Å². The average molecular weight is 324 g/mol. The Hall–Kier alpha value is -1.22. The molecule has 0 amide bonds. The molecule has 0 heterocycles. The summed E-state index contributed by atoms with van der Waals surface area (Å²) in [5.41, 5.74) is 2.11. The molecule has 2 aromatic rings. The lowest BCUT2D eigenvalue weighted by Gasteiger charge is -2.21. The van der Waals surface area contributed by atoms with Crippen LogP contribution >= 0.6 is 23.2 Å². The van der Waals surface area contributed by atoms with Crippen LogP contribution in [0.3, 0.4) is 0 Å². The number of ether oxygens (including phenoxy) is 1. The Bertz CT molecular complexity index is 587. The minimum atomic E-state index is 0.0110. The lowest BCUT2D eigenvalue weighted by atomic mass is 9.98. The van der Waals surface area contributed by atoms with E-state index >= 15 is 0 Å². The first-order chi connectivity index (χ1) is 10.2. The van der Waals surface area contributed by atoms with E-state index in [0.717, 1.165) is 17.7 Å². The van der Waals surface area contributed by atoms with Crippen molar-refractivity contribution in [1.29, 1.82) is 0 Å². The number of hydrogen-bond acceptors (Lipinski definition) is 2. The van der Waals surface area contributed by atoms with Crippen LogP contribution in [0.25, 0.3) is 0 Å². The van der Waals surface area contributed by atoms with Crippen molar-refractivity contribution >= 4 is 23.2 Å². The van der Waals surface area contributed by atoms with Crippen LogP contribution in [-0.2, 0) is 0 Å². The number of rotatable bonds is 6. The molecule has 0 saturated carbocycles. The summed E-state index contributed by atoms with van der Waals surface area (Å²) < 4.78 is 5.48. The predicted molar refractivity (Wildman–Crippen MR) is 89.6 cm³/mol. The Morgan fingerprint density at radius 2 is 1.76 bits per heavy atom. The van der Waals surface area contributed by atoms with Gasteiger partial charge in [-0.1, -0.05) is 60.5 Å². The Labute approximate surface area is 136 Å². The molecule has 0 aliphatic rings. The zero-order valence-electron chi connectivity index (χ0n) is 12.2. The highest BCUT2D eigenvalue weighted by Crippen LogP contribution is 2.36. The van der Waals surface area contributed by atoms with E-state index in [1.54, 1.807) is 6.07 Å². The number of benzene rings is 2. The molecule has 112 valence electrons. The highest BCUT2D eigenvalue weighted by atomic mass is 35.5. The summed E-state index contributed by atoms with van der Waals surface area (Å²) in [5.74, 6) is 0.622. The first-order valence-corrected chi connectivity index (χ1v) is 7.83. The summed E-state index contributed by atoms with van der Waals surface area (Å²) in [4.78, 5) is 0. The molecule has 0 bridgehead atoms. The second kappa shape index (κ2) is 7.69. The first kappa shape index (κ1) is 16.2. The van der Waals surface area contributed by atoms with E-state index in [1.807, 2.05) is 31.2 Å². The van der Waals surface area contributed by atoms with E-state index < -0.39 is 0 Å². The van der Waals surface area contributed by atoms with Gasteiger partial charge in [0.25, 0.3) is 0 Å². The molecular weight excluding hydrogens is 305 g/mol. The number of nitrogens with one attached hydrogen (secondary N) is 1. The zero-order valence-corrected chi connectivity index (χ0v) is 13.7. The summed E-state index contributed by atoms with van der Waals surface area (Å²) in [6.07, 6.45) is 0. The summed E-state index contributed by atoms with van der Waals surface area (Å²) in [5, 5.41) is 4.68. The minimum Gasteiger partial charge on any atom is -0.492 e. The van der Waals surface area contributed by atoms with Gasteiger partial charge in [-0.2, -0.15) is 0 Å². The molecule has 21 heavy (non-hydrogen) atoms. The number of halogens is 2. The minimum absolute atomic E-state index is 0.0110. The molecular formula is C17H19Cl2NO. The lowest BCUT2D eigenvalue weighted by Crippen LogP contribution is -2.22. The lowest BCUT2D eigenvalue weighted by molar-refractivity contribution is 0.340. The van der Waals surface area contributed by atoms with Crippen LogP contribution in [0.4, 0.5) is 0 Å². The van der Waals surface area contributed by atoms with E-state index in [1.165, 1.54) is 0 Å². The molecule has 0 aromatic heterocycles. The van der Waals surface area contributed by atoms with Gasteiger partial charge in [-0.15, -0.1) is 0 Å². The molecule has 0 aliphatic heterocycles. The van der Waals surface area contributed by atoms with E-state index in [4.69, 9.17) is 27.9 Å². The SMILES string of the molecule is CCNC(c1ccccc1)c1cc(Cl)c(OCC)cc1Cl. The molecule has 0 spiro atoms. The van der Waals surface area contributed by atoms with E-state index in [9.17, 15) is 0 Å². The van der Waals surface area contributed by atoms with Crippen LogP contribution in [0.5, 0.6) is 5.75 Å². The molecule has 1 atom stereocenters. The Morgan fingerprint density at radius 1 is 1.05 bits per heavy atom. The first-order valence-electron chi connectivity index (χ1n) is 7.07. The van der Waals surface area contributed by atoms with Crippen molar-refractivity contribution in [2.24, 2.45) is 0 Å². The van der Waals surface area contributed by atoms with Gasteiger partial charge in [-0.05, 0) is 30.7 Å². The van der Waals surface area contributed by atoms with Crippen LogP contribution in [0, 0.1) is 0 Å². The summed E-state index contributed by atoms with van der Waals surface area (Å²) in [6, 6.07) is 13.9. The topological polar surface area (TPSA) is 21.3 Å². The fourth-order valence-corrected chi connectivity index (χ4v) is 2.78. The van der Waals surface area contributed by atoms with Crippen molar-refractivity contribution < 1.29 is 4.74 Å². The smallest absolute Gasteiger partial charge is 0.139 e. The fourth-order valence-electron chi connectivity index (χ4n) is 2.29. The Morgan fingerprint density at radius 3 is 2.38 bits per heavy atom. The maximum absolute atomic E-state index is 6.44. The third kappa shape index (κ3) is 3.91. The van der Waals surface area contributed by atoms with Gasteiger partial charge in [0.1, 0.15) is 5.75 Å². The number of hydrogen-bond donors (Lipinski definition) is 1. The molecule has 1 N–H and O–H groups in total. The fraction of sp³-hybridized carbons (Fsp3) is 0.294. The highest BCUT2D eigenvalue weighted by Gasteiger charge is 2.18. The van der Waals surface area contributed by atoms with E-state index in [-0.39, 0.29) is 6.04 Å². The van der Waals surface area contributed by atoms with Crippen molar-refractivity contribution in [3.05, 3.63) is 63.6 Å². The van der Waals surface area contributed by atoms with Gasteiger partial charge in [-0.3, -0.25) is 0 Å². The van der Waals surface area contributed by atoms with E-state index in [2.05, 4.69) is 24.4 Å². The molecule has 0 radical (unpaired) electrons. The summed E-state index contributed by atoms with van der Waals surface area (Å²) in [7, 11) is 0. The highest BCUT2D eigenvalue weighted by molar-refractivity contribution is 6.34. The Kier molecular flexibility index (Phi) is 5.92. The predicted octanol–water partition coefficient (Wildman–Crippen LogP) is 5.09. The normalized spacial score (nSPS) is 12.2. The molecule has 1 unspecified atom stereocenters. The van der Waals surface area contributed by atoms with E-state index in [0.29, 0.717) is 22.4 Å². The van der Waals surface area contributed by atoms with Crippen LogP contribution in [0.15, 0.2) is 42.5 Å². The molecule has 0 aliphatic carbocycles. The van der Waals surface area contributed by atoms with Gasteiger partial charge in [0.05, 0.1) is 17.7 Å². The largest absolute Gasteiger partial charge is 0.492 e. The zero-order chi connectivity index (χ0) is 15.2. The third-order valence-corrected chi connectivity index (χ3v) is 3.83. The molecule has 2 nitrogen and oxygen atoms in total. The Balaban J connectivity index is 2.43. The molecule has 4 heteroatoms. The van der Waals surface area contributed by atoms with Crippen LogP contribution < -0.4 is 10.1 Å². The second-order valence-electron chi connectivity index (χ2n) is 4.64. The third-order valence-electron chi connectivity index (χ3n) is 3.20. The van der Waals surface area contributed by atoms with Crippen LogP contribution in [0.2, 0.25) is 10.0 Å². The van der Waals surface area contributed by atoms with Crippen LogP contribution in [-0.4, -0.2) is 13.2 Å². The maximum atomic E-state index is 6.44. The van der Waals surface area contributed by atoms with Gasteiger partial charge < -0.3 is 10.1 Å². The summed E-state index contributed by atoms with van der Waals surface area (Å²) >= 11 is 12.7. The molecule has 2 aromatic carbocycles. The molecule has 0 fully saturated rings. The van der Waals surface area contributed by atoms with Crippen molar-refractivity contribution in [2.45, 2.75) is 19.9 Å².